The molecular weight excluding hydrogens is 376 g/mol. The Morgan fingerprint density at radius 3 is 2.70 bits per heavy atom. The van der Waals surface area contributed by atoms with Gasteiger partial charge in [-0.15, -0.1) is 11.3 Å². The summed E-state index contributed by atoms with van der Waals surface area (Å²) in [5.74, 6) is 0.841. The molecule has 0 saturated heterocycles. The molecule has 0 aliphatic rings. The monoisotopic (exact) mass is 398 g/mol. The molecule has 1 aromatic heterocycles. The minimum atomic E-state index is 0.669. The van der Waals surface area contributed by atoms with Gasteiger partial charge >= 0.3 is 0 Å². The summed E-state index contributed by atoms with van der Waals surface area (Å²) >= 11 is 7.83. The number of carbonyl (C=O) groups is 1. The zero-order valence-corrected chi connectivity index (χ0v) is 17.0. The van der Waals surface area contributed by atoms with Gasteiger partial charge in [0.1, 0.15) is 12.0 Å². The first kappa shape index (κ1) is 19.7. The lowest BCUT2D eigenvalue weighted by Gasteiger charge is -2.11. The minimum absolute atomic E-state index is 0.669. The largest absolute Gasteiger partial charge is 0.493 e. The predicted molar refractivity (Wildman–Crippen MR) is 114 cm³/mol. The number of halogens is 1. The molecule has 27 heavy (non-hydrogen) atoms. The van der Waals surface area contributed by atoms with Crippen LogP contribution in [-0.4, -0.2) is 12.9 Å². The van der Waals surface area contributed by atoms with Crippen LogP contribution >= 0.6 is 22.9 Å². The lowest BCUT2D eigenvalue weighted by atomic mass is 10.1. The molecule has 0 spiro atoms. The van der Waals surface area contributed by atoms with Gasteiger partial charge in [0.15, 0.2) is 0 Å². The summed E-state index contributed by atoms with van der Waals surface area (Å²) in [6.45, 7) is 2.70. The van der Waals surface area contributed by atoms with Crippen molar-refractivity contribution >= 4 is 29.2 Å². The van der Waals surface area contributed by atoms with Gasteiger partial charge in [0.25, 0.3) is 0 Å². The van der Waals surface area contributed by atoms with Crippen LogP contribution in [-0.2, 0) is 6.42 Å². The summed E-state index contributed by atoms with van der Waals surface area (Å²) in [6, 6.07) is 16.0. The Kier molecular flexibility index (Phi) is 7.08. The van der Waals surface area contributed by atoms with E-state index in [1.165, 1.54) is 5.56 Å². The molecule has 0 unspecified atom stereocenters. The molecule has 0 amide bonds. The summed E-state index contributed by atoms with van der Waals surface area (Å²) in [5.41, 5.74) is 4.07. The SMILES string of the molecule is Cc1ccc(CCCCCOc2ccc(C=O)cc2-c2cccs2)cc1Cl. The molecule has 0 radical (unpaired) electrons. The number of ether oxygens (including phenoxy) is 1. The van der Waals surface area contributed by atoms with Crippen LogP contribution < -0.4 is 4.74 Å². The van der Waals surface area contributed by atoms with E-state index in [-0.39, 0.29) is 0 Å². The number of aldehydes is 1. The third-order valence-corrected chi connectivity index (χ3v) is 5.84. The maximum atomic E-state index is 11.1. The zero-order chi connectivity index (χ0) is 19.1. The Balaban J connectivity index is 1.49. The number of rotatable bonds is 9. The van der Waals surface area contributed by atoms with Crippen molar-refractivity contribution < 1.29 is 9.53 Å². The molecule has 2 aromatic carbocycles. The lowest BCUT2D eigenvalue weighted by Crippen LogP contribution is -1.99. The van der Waals surface area contributed by atoms with Crippen molar-refractivity contribution in [1.29, 1.82) is 0 Å². The highest BCUT2D eigenvalue weighted by Gasteiger charge is 2.09. The van der Waals surface area contributed by atoms with Gasteiger partial charge in [-0.3, -0.25) is 4.79 Å². The Labute approximate surface area is 169 Å². The van der Waals surface area contributed by atoms with Gasteiger partial charge in [0.05, 0.1) is 6.61 Å². The van der Waals surface area contributed by atoms with E-state index >= 15 is 0 Å². The van der Waals surface area contributed by atoms with Crippen molar-refractivity contribution in [3.05, 3.63) is 75.6 Å². The normalized spacial score (nSPS) is 10.7. The number of hydrogen-bond donors (Lipinski definition) is 0. The molecule has 3 aromatic rings. The Bertz CT molecular complexity index is 887. The fraction of sp³-hybridized carbons (Fsp3) is 0.261. The van der Waals surface area contributed by atoms with E-state index in [0.29, 0.717) is 12.2 Å². The Hall–Kier alpha value is -2.10. The second-order valence-electron chi connectivity index (χ2n) is 6.59. The van der Waals surface area contributed by atoms with Crippen LogP contribution in [0.3, 0.4) is 0 Å². The van der Waals surface area contributed by atoms with Gasteiger partial charge in [0.2, 0.25) is 0 Å². The van der Waals surface area contributed by atoms with Gasteiger partial charge in [0, 0.05) is 21.0 Å². The smallest absolute Gasteiger partial charge is 0.150 e. The topological polar surface area (TPSA) is 26.3 Å². The molecule has 140 valence electrons. The molecule has 3 rings (SSSR count). The number of benzene rings is 2. The summed E-state index contributed by atoms with van der Waals surface area (Å²) in [4.78, 5) is 12.2. The first-order valence-electron chi connectivity index (χ1n) is 9.18. The standard InChI is InChI=1S/C23H23ClO2S/c1-17-8-9-18(15-21(17)24)6-3-2-4-12-26-22-11-10-19(16-25)14-20(22)23-7-5-13-27-23/h5,7-11,13-16H,2-4,6,12H2,1H3. The number of carbonyl (C=O) groups excluding carboxylic acids is 1. The molecule has 0 aliphatic heterocycles. The zero-order valence-electron chi connectivity index (χ0n) is 15.4. The average Bonchev–Trinajstić information content (AvgIpc) is 3.22. The molecule has 0 atom stereocenters. The molecule has 0 N–H and O–H groups in total. The van der Waals surface area contributed by atoms with Gasteiger partial charge in [-0.05, 0) is 79.4 Å². The number of thiophene rings is 1. The van der Waals surface area contributed by atoms with Gasteiger partial charge in [-0.25, -0.2) is 0 Å². The molecule has 0 fully saturated rings. The summed E-state index contributed by atoms with van der Waals surface area (Å²) in [6.07, 6.45) is 5.13. The number of hydrogen-bond acceptors (Lipinski definition) is 3. The molecule has 4 heteroatoms. The molecule has 0 aliphatic carbocycles. The van der Waals surface area contributed by atoms with E-state index in [1.54, 1.807) is 17.4 Å². The summed E-state index contributed by atoms with van der Waals surface area (Å²) in [7, 11) is 0. The van der Waals surface area contributed by atoms with E-state index in [0.717, 1.165) is 58.7 Å². The highest BCUT2D eigenvalue weighted by Crippen LogP contribution is 2.34. The van der Waals surface area contributed by atoms with Crippen LogP contribution in [0.5, 0.6) is 5.75 Å². The maximum Gasteiger partial charge on any atom is 0.150 e. The third-order valence-electron chi connectivity index (χ3n) is 4.53. The van der Waals surface area contributed by atoms with Crippen molar-refractivity contribution in [2.75, 3.05) is 6.61 Å². The fourth-order valence-electron chi connectivity index (χ4n) is 2.95. The van der Waals surface area contributed by atoms with E-state index in [2.05, 4.69) is 18.2 Å². The second-order valence-corrected chi connectivity index (χ2v) is 7.95. The first-order valence-corrected chi connectivity index (χ1v) is 10.4. The molecule has 2 nitrogen and oxygen atoms in total. The third kappa shape index (κ3) is 5.44. The number of unbranched alkanes of at least 4 members (excludes halogenated alkanes) is 2. The van der Waals surface area contributed by atoms with E-state index in [4.69, 9.17) is 16.3 Å². The first-order chi connectivity index (χ1) is 13.2. The Morgan fingerprint density at radius 1 is 1.07 bits per heavy atom. The lowest BCUT2D eigenvalue weighted by molar-refractivity contribution is 0.112. The van der Waals surface area contributed by atoms with E-state index in [9.17, 15) is 4.79 Å². The minimum Gasteiger partial charge on any atom is -0.493 e. The van der Waals surface area contributed by atoms with Crippen LogP contribution in [0.4, 0.5) is 0 Å². The van der Waals surface area contributed by atoms with Crippen LogP contribution in [0, 0.1) is 6.92 Å². The summed E-state index contributed by atoms with van der Waals surface area (Å²) in [5, 5.41) is 2.88. The van der Waals surface area contributed by atoms with E-state index in [1.807, 2.05) is 36.6 Å². The number of aryl methyl sites for hydroxylation is 2. The highest BCUT2D eigenvalue weighted by atomic mass is 35.5. The van der Waals surface area contributed by atoms with Crippen molar-refractivity contribution in [3.8, 4) is 16.2 Å². The van der Waals surface area contributed by atoms with Gasteiger partial charge in [-0.2, -0.15) is 0 Å². The van der Waals surface area contributed by atoms with Crippen LogP contribution in [0.25, 0.3) is 10.4 Å². The van der Waals surface area contributed by atoms with Crippen molar-refractivity contribution in [2.45, 2.75) is 32.6 Å². The van der Waals surface area contributed by atoms with Crippen molar-refractivity contribution in [3.63, 3.8) is 0 Å². The van der Waals surface area contributed by atoms with E-state index < -0.39 is 0 Å². The molecular formula is C23H23ClO2S. The Morgan fingerprint density at radius 2 is 1.96 bits per heavy atom. The molecule has 1 heterocycles. The van der Waals surface area contributed by atoms with Crippen LogP contribution in [0.1, 0.15) is 40.7 Å². The van der Waals surface area contributed by atoms with Crippen LogP contribution in [0.15, 0.2) is 53.9 Å². The maximum absolute atomic E-state index is 11.1. The average molecular weight is 399 g/mol. The second kappa shape index (κ2) is 9.72. The molecule has 0 saturated carbocycles. The highest BCUT2D eigenvalue weighted by molar-refractivity contribution is 7.13. The van der Waals surface area contributed by atoms with Gasteiger partial charge in [-0.1, -0.05) is 29.8 Å². The van der Waals surface area contributed by atoms with Crippen molar-refractivity contribution in [1.82, 2.24) is 0 Å². The predicted octanol–water partition coefficient (Wildman–Crippen LogP) is 6.98. The fourth-order valence-corrected chi connectivity index (χ4v) is 3.90. The quantitative estimate of drug-likeness (QED) is 0.287. The molecule has 0 bridgehead atoms. The van der Waals surface area contributed by atoms with Crippen molar-refractivity contribution in [2.24, 2.45) is 0 Å². The van der Waals surface area contributed by atoms with Crippen LogP contribution in [0.2, 0.25) is 5.02 Å². The summed E-state index contributed by atoms with van der Waals surface area (Å²) < 4.78 is 6.02. The van der Waals surface area contributed by atoms with Gasteiger partial charge < -0.3 is 4.74 Å².